The Hall–Kier alpha value is -0.0300. The van der Waals surface area contributed by atoms with E-state index in [2.05, 4.69) is 22.5 Å². The number of hydrogen-bond acceptors (Lipinski definition) is 3. The Morgan fingerprint density at radius 1 is 1.18 bits per heavy atom. The average Bonchev–Trinajstić information content (AvgIpc) is 2.49. The van der Waals surface area contributed by atoms with Crippen molar-refractivity contribution in [1.29, 1.82) is 0 Å². The van der Waals surface area contributed by atoms with Crippen LogP contribution >= 0.6 is 24.8 Å². The van der Waals surface area contributed by atoms with Gasteiger partial charge in [0.25, 0.3) is 0 Å². The van der Waals surface area contributed by atoms with Crippen LogP contribution in [0.2, 0.25) is 0 Å². The maximum atomic E-state index is 11.9. The van der Waals surface area contributed by atoms with Crippen LogP contribution in [-0.4, -0.2) is 50.1 Å². The largest absolute Gasteiger partial charge is 0.356 e. The number of carbonyl (C=O) groups is 1. The molecular weight excluding hydrogens is 321 g/mol. The Kier molecular flexibility index (Phi) is 12.4. The topological polar surface area (TPSA) is 44.4 Å². The van der Waals surface area contributed by atoms with Gasteiger partial charge < -0.3 is 15.5 Å². The second kappa shape index (κ2) is 12.4. The standard InChI is InChI=1S/C16H31N3O.2ClH/c1-14-6-11-19(12-7-14)10-3-2-9-18-16(20)15-5-4-8-17-13-15;;/h14-15,17H,2-13H2,1H3,(H,18,20);2*1H. The van der Waals surface area contributed by atoms with Gasteiger partial charge in [0.05, 0.1) is 5.92 Å². The van der Waals surface area contributed by atoms with E-state index in [1.54, 1.807) is 0 Å². The van der Waals surface area contributed by atoms with Gasteiger partial charge >= 0.3 is 0 Å². The number of likely N-dealkylation sites (tertiary alicyclic amines) is 1. The van der Waals surface area contributed by atoms with E-state index in [9.17, 15) is 4.79 Å². The van der Waals surface area contributed by atoms with Gasteiger partial charge in [-0.1, -0.05) is 6.92 Å². The molecule has 2 heterocycles. The summed E-state index contributed by atoms with van der Waals surface area (Å²) < 4.78 is 0. The van der Waals surface area contributed by atoms with Crippen molar-refractivity contribution in [1.82, 2.24) is 15.5 Å². The van der Waals surface area contributed by atoms with Crippen LogP contribution in [-0.2, 0) is 4.79 Å². The molecule has 2 saturated heterocycles. The van der Waals surface area contributed by atoms with Crippen LogP contribution in [0.4, 0.5) is 0 Å². The Morgan fingerprint density at radius 3 is 2.55 bits per heavy atom. The maximum Gasteiger partial charge on any atom is 0.224 e. The highest BCUT2D eigenvalue weighted by Crippen LogP contribution is 2.16. The number of piperidine rings is 2. The molecule has 6 heteroatoms. The van der Waals surface area contributed by atoms with E-state index in [0.29, 0.717) is 0 Å². The van der Waals surface area contributed by atoms with Crippen LogP contribution in [0.3, 0.4) is 0 Å². The lowest BCUT2D eigenvalue weighted by Gasteiger charge is -2.30. The lowest BCUT2D eigenvalue weighted by molar-refractivity contribution is -0.125. The highest BCUT2D eigenvalue weighted by Gasteiger charge is 2.20. The van der Waals surface area contributed by atoms with Crippen LogP contribution in [0.15, 0.2) is 0 Å². The zero-order chi connectivity index (χ0) is 14.2. The number of nitrogens with zero attached hydrogens (tertiary/aromatic N) is 1. The van der Waals surface area contributed by atoms with E-state index < -0.39 is 0 Å². The van der Waals surface area contributed by atoms with Gasteiger partial charge in [-0.25, -0.2) is 0 Å². The van der Waals surface area contributed by atoms with Gasteiger partial charge in [0.2, 0.25) is 5.91 Å². The number of carbonyl (C=O) groups excluding carboxylic acids is 1. The summed E-state index contributed by atoms with van der Waals surface area (Å²) in [6.07, 6.45) is 7.20. The second-order valence-corrected chi connectivity index (χ2v) is 6.57. The molecule has 132 valence electrons. The van der Waals surface area contributed by atoms with E-state index in [-0.39, 0.29) is 36.6 Å². The molecule has 0 aliphatic carbocycles. The van der Waals surface area contributed by atoms with Gasteiger partial charge in [0.1, 0.15) is 0 Å². The summed E-state index contributed by atoms with van der Waals surface area (Å²) in [5.41, 5.74) is 0. The quantitative estimate of drug-likeness (QED) is 0.721. The molecule has 1 amide bonds. The molecule has 2 fully saturated rings. The van der Waals surface area contributed by atoms with Crippen molar-refractivity contribution in [2.24, 2.45) is 11.8 Å². The third kappa shape index (κ3) is 8.00. The molecule has 4 nitrogen and oxygen atoms in total. The van der Waals surface area contributed by atoms with Crippen LogP contribution in [0, 0.1) is 11.8 Å². The normalized spacial score (nSPS) is 23.2. The molecule has 0 spiro atoms. The molecule has 0 aromatic rings. The number of unbranched alkanes of at least 4 members (excludes halogenated alkanes) is 1. The summed E-state index contributed by atoms with van der Waals surface area (Å²) >= 11 is 0. The van der Waals surface area contributed by atoms with Crippen LogP contribution in [0.5, 0.6) is 0 Å². The van der Waals surface area contributed by atoms with Crippen molar-refractivity contribution < 1.29 is 4.79 Å². The third-order valence-electron chi connectivity index (χ3n) is 4.74. The molecular formula is C16H33Cl2N3O. The minimum absolute atomic E-state index is 0. The first kappa shape index (κ1) is 22.0. The van der Waals surface area contributed by atoms with Gasteiger partial charge in [0.15, 0.2) is 0 Å². The minimum Gasteiger partial charge on any atom is -0.356 e. The highest BCUT2D eigenvalue weighted by molar-refractivity contribution is 5.85. The highest BCUT2D eigenvalue weighted by atomic mass is 35.5. The van der Waals surface area contributed by atoms with Gasteiger partial charge in [-0.05, 0) is 70.6 Å². The molecule has 0 radical (unpaired) electrons. The molecule has 2 aliphatic heterocycles. The zero-order valence-corrected chi connectivity index (χ0v) is 15.4. The molecule has 2 rings (SSSR count). The number of rotatable bonds is 6. The summed E-state index contributed by atoms with van der Waals surface area (Å²) in [7, 11) is 0. The van der Waals surface area contributed by atoms with Gasteiger partial charge in [0, 0.05) is 13.1 Å². The number of nitrogens with one attached hydrogen (secondary N) is 2. The Morgan fingerprint density at radius 2 is 1.91 bits per heavy atom. The molecule has 2 N–H and O–H groups in total. The van der Waals surface area contributed by atoms with Crippen molar-refractivity contribution in [3.63, 3.8) is 0 Å². The van der Waals surface area contributed by atoms with Gasteiger partial charge in [-0.3, -0.25) is 4.79 Å². The Labute approximate surface area is 148 Å². The summed E-state index contributed by atoms with van der Waals surface area (Å²) in [4.78, 5) is 14.5. The first-order valence-electron chi connectivity index (χ1n) is 8.46. The smallest absolute Gasteiger partial charge is 0.224 e. The predicted molar refractivity (Wildman–Crippen MR) is 97.2 cm³/mol. The molecule has 1 unspecified atom stereocenters. The fraction of sp³-hybridized carbons (Fsp3) is 0.938. The molecule has 0 aromatic carbocycles. The summed E-state index contributed by atoms with van der Waals surface area (Å²) in [6, 6.07) is 0. The fourth-order valence-corrected chi connectivity index (χ4v) is 3.18. The molecule has 1 atom stereocenters. The van der Waals surface area contributed by atoms with E-state index in [4.69, 9.17) is 0 Å². The SMILES string of the molecule is CC1CCN(CCCCNC(=O)C2CCCNC2)CC1.Cl.Cl. The third-order valence-corrected chi connectivity index (χ3v) is 4.74. The lowest BCUT2D eigenvalue weighted by Crippen LogP contribution is -2.41. The first-order chi connectivity index (χ1) is 9.75. The predicted octanol–water partition coefficient (Wildman–Crippen LogP) is 2.46. The van der Waals surface area contributed by atoms with E-state index in [1.807, 2.05) is 0 Å². The van der Waals surface area contributed by atoms with Crippen LogP contribution in [0.1, 0.15) is 45.4 Å². The number of halogens is 2. The van der Waals surface area contributed by atoms with Crippen molar-refractivity contribution in [3.8, 4) is 0 Å². The van der Waals surface area contributed by atoms with Crippen molar-refractivity contribution >= 4 is 30.7 Å². The van der Waals surface area contributed by atoms with E-state index in [0.717, 1.165) is 44.8 Å². The summed E-state index contributed by atoms with van der Waals surface area (Å²) in [6.45, 7) is 8.86. The zero-order valence-electron chi connectivity index (χ0n) is 13.8. The number of amides is 1. The molecule has 22 heavy (non-hydrogen) atoms. The first-order valence-corrected chi connectivity index (χ1v) is 8.46. The van der Waals surface area contributed by atoms with E-state index in [1.165, 1.54) is 38.9 Å². The molecule has 0 bridgehead atoms. The van der Waals surface area contributed by atoms with E-state index >= 15 is 0 Å². The van der Waals surface area contributed by atoms with Gasteiger partial charge in [-0.2, -0.15) is 0 Å². The molecule has 2 aliphatic rings. The minimum atomic E-state index is 0. The molecule has 0 saturated carbocycles. The molecule has 0 aromatic heterocycles. The van der Waals surface area contributed by atoms with Crippen LogP contribution in [0.25, 0.3) is 0 Å². The second-order valence-electron chi connectivity index (χ2n) is 6.57. The van der Waals surface area contributed by atoms with Crippen molar-refractivity contribution in [2.45, 2.75) is 45.4 Å². The Bertz CT molecular complexity index is 291. The average molecular weight is 354 g/mol. The number of hydrogen-bond donors (Lipinski definition) is 2. The van der Waals surface area contributed by atoms with Gasteiger partial charge in [-0.15, -0.1) is 24.8 Å². The fourth-order valence-electron chi connectivity index (χ4n) is 3.18. The Balaban J connectivity index is 0.00000220. The maximum absolute atomic E-state index is 11.9. The summed E-state index contributed by atoms with van der Waals surface area (Å²) in [5, 5.41) is 6.40. The van der Waals surface area contributed by atoms with Crippen molar-refractivity contribution in [3.05, 3.63) is 0 Å². The summed E-state index contributed by atoms with van der Waals surface area (Å²) in [5.74, 6) is 1.37. The lowest BCUT2D eigenvalue weighted by atomic mass is 9.98. The van der Waals surface area contributed by atoms with Crippen molar-refractivity contribution in [2.75, 3.05) is 39.3 Å². The van der Waals surface area contributed by atoms with Crippen LogP contribution < -0.4 is 10.6 Å². The monoisotopic (exact) mass is 353 g/mol.